The second-order valence-corrected chi connectivity index (χ2v) is 9.67. The van der Waals surface area contributed by atoms with Crippen molar-refractivity contribution in [2.75, 3.05) is 17.7 Å². The summed E-state index contributed by atoms with van der Waals surface area (Å²) in [6.45, 7) is 0.505. The number of hydrogen-bond donors (Lipinski definition) is 1. The molecular formula is C25H31N7O3S. The van der Waals surface area contributed by atoms with Crippen LogP contribution >= 0.6 is 11.8 Å². The van der Waals surface area contributed by atoms with Crippen molar-refractivity contribution in [2.24, 2.45) is 18.1 Å². The molecule has 0 atom stereocenters. The van der Waals surface area contributed by atoms with E-state index in [9.17, 15) is 9.90 Å². The van der Waals surface area contributed by atoms with Crippen molar-refractivity contribution in [1.82, 2.24) is 25.2 Å². The molecule has 4 rings (SSSR count). The van der Waals surface area contributed by atoms with E-state index < -0.39 is 6.09 Å². The van der Waals surface area contributed by atoms with Crippen molar-refractivity contribution in [3.63, 3.8) is 0 Å². The van der Waals surface area contributed by atoms with E-state index in [4.69, 9.17) is 4.84 Å². The fraction of sp³-hybridized carbons (Fsp3) is 0.440. The van der Waals surface area contributed by atoms with Crippen LogP contribution in [0.15, 0.2) is 52.5 Å². The zero-order valence-corrected chi connectivity index (χ0v) is 21.4. The number of carboxylic acid groups (broad SMARTS) is 1. The summed E-state index contributed by atoms with van der Waals surface area (Å²) >= 11 is 1.63. The van der Waals surface area contributed by atoms with Crippen molar-refractivity contribution in [1.29, 1.82) is 0 Å². The summed E-state index contributed by atoms with van der Waals surface area (Å²) in [6, 6.07) is 13.2. The van der Waals surface area contributed by atoms with Crippen molar-refractivity contribution >= 4 is 29.4 Å². The first-order valence-electron chi connectivity index (χ1n) is 12.1. The average molecular weight is 510 g/mol. The minimum absolute atomic E-state index is 0.0704. The van der Waals surface area contributed by atoms with Crippen LogP contribution in [0.3, 0.4) is 0 Å². The first-order chi connectivity index (χ1) is 17.5. The fourth-order valence-electron chi connectivity index (χ4n) is 4.38. The lowest BCUT2D eigenvalue weighted by Gasteiger charge is -2.25. The molecule has 1 saturated carbocycles. The van der Waals surface area contributed by atoms with Gasteiger partial charge < -0.3 is 9.94 Å². The highest BCUT2D eigenvalue weighted by atomic mass is 32.2. The summed E-state index contributed by atoms with van der Waals surface area (Å²) in [7, 11) is 1.74. The number of amides is 1. The van der Waals surface area contributed by atoms with Crippen molar-refractivity contribution in [3.05, 3.63) is 59.5 Å². The number of rotatable bonds is 10. The molecule has 11 heteroatoms. The van der Waals surface area contributed by atoms with Gasteiger partial charge in [0.25, 0.3) is 0 Å². The Kier molecular flexibility index (Phi) is 8.88. The molecule has 0 spiro atoms. The van der Waals surface area contributed by atoms with Crippen LogP contribution in [0.4, 0.5) is 10.6 Å². The molecule has 1 aliphatic rings. The molecule has 10 nitrogen and oxygen atoms in total. The van der Waals surface area contributed by atoms with Crippen molar-refractivity contribution < 1.29 is 14.7 Å². The first kappa shape index (κ1) is 25.6. The maximum atomic E-state index is 12.0. The Labute approximate surface area is 214 Å². The van der Waals surface area contributed by atoms with Gasteiger partial charge in [0.2, 0.25) is 5.82 Å². The van der Waals surface area contributed by atoms with E-state index >= 15 is 0 Å². The maximum Gasteiger partial charge on any atom is 0.413 e. The molecule has 0 radical (unpaired) electrons. The van der Waals surface area contributed by atoms with Gasteiger partial charge in [-0.1, -0.05) is 55.5 Å². The Hall–Kier alpha value is -3.47. The molecule has 0 bridgehead atoms. The van der Waals surface area contributed by atoms with Crippen LogP contribution in [-0.4, -0.2) is 54.9 Å². The van der Waals surface area contributed by atoms with Gasteiger partial charge in [0.1, 0.15) is 5.82 Å². The number of pyridine rings is 1. The molecule has 1 N–H and O–H groups in total. The summed E-state index contributed by atoms with van der Waals surface area (Å²) in [5.41, 5.74) is 1.89. The number of carbonyl (C=O) groups is 1. The number of oxime groups is 1. The summed E-state index contributed by atoms with van der Waals surface area (Å²) < 4.78 is 1.53. The Morgan fingerprint density at radius 3 is 2.75 bits per heavy atom. The van der Waals surface area contributed by atoms with Crippen LogP contribution in [0.2, 0.25) is 0 Å². The lowest BCUT2D eigenvalue weighted by molar-refractivity contribution is 0.128. The van der Waals surface area contributed by atoms with Crippen molar-refractivity contribution in [2.45, 2.75) is 50.0 Å². The zero-order valence-electron chi connectivity index (χ0n) is 20.6. The van der Waals surface area contributed by atoms with E-state index in [1.807, 2.05) is 30.5 Å². The molecule has 1 aliphatic carbocycles. The predicted octanol–water partition coefficient (Wildman–Crippen LogP) is 4.75. The molecule has 0 saturated heterocycles. The average Bonchev–Trinajstić information content (AvgIpc) is 3.33. The Balaban J connectivity index is 1.48. The molecule has 1 amide bonds. The first-order valence-corrected chi connectivity index (χ1v) is 13.3. The minimum atomic E-state index is -1.000. The molecule has 2 heterocycles. The van der Waals surface area contributed by atoms with Gasteiger partial charge in [-0.2, -0.15) is 0 Å². The second kappa shape index (κ2) is 12.5. The normalized spacial score (nSPS) is 14.6. The van der Waals surface area contributed by atoms with Crippen LogP contribution in [0.25, 0.3) is 0 Å². The fourth-order valence-corrected chi connectivity index (χ4v) is 4.84. The van der Waals surface area contributed by atoms with Crippen LogP contribution in [0, 0.1) is 5.92 Å². The summed E-state index contributed by atoms with van der Waals surface area (Å²) in [5, 5.41) is 25.9. The lowest BCUT2D eigenvalue weighted by atomic mass is 9.87. The van der Waals surface area contributed by atoms with Gasteiger partial charge in [-0.25, -0.2) is 14.5 Å². The molecule has 0 unspecified atom stereocenters. The molecule has 190 valence electrons. The van der Waals surface area contributed by atoms with Crippen LogP contribution in [0.5, 0.6) is 0 Å². The van der Waals surface area contributed by atoms with Gasteiger partial charge in [0.15, 0.2) is 12.3 Å². The number of aromatic nitrogens is 5. The molecule has 2 aromatic heterocycles. The summed E-state index contributed by atoms with van der Waals surface area (Å²) in [6.07, 6.45) is 7.96. The number of thioether (sulfide) groups is 1. The smallest absolute Gasteiger partial charge is 0.413 e. The number of benzene rings is 1. The largest absolute Gasteiger partial charge is 0.465 e. The number of nitrogens with zero attached hydrogens (tertiary/aromatic N) is 7. The molecule has 3 aromatic rings. The number of aryl methyl sites for hydroxylation is 1. The van der Waals surface area contributed by atoms with Crippen LogP contribution in [-0.2, 0) is 18.5 Å². The molecule has 36 heavy (non-hydrogen) atoms. The standard InChI is InChI=1S/C25H31N7O3S/c1-31-24(27-29-30-31)23(19-10-6-12-21(16-19)36-2)28-35-17-20-11-7-13-22(26-20)32(25(33)34)15-14-18-8-4-3-5-9-18/h6-7,10-13,16,18H,3-5,8-9,14-15,17H2,1-2H3,(H,33,34). The second-order valence-electron chi connectivity index (χ2n) is 8.79. The van der Waals surface area contributed by atoms with E-state index in [-0.39, 0.29) is 6.61 Å². The van der Waals surface area contributed by atoms with Crippen LogP contribution < -0.4 is 4.90 Å². The van der Waals surface area contributed by atoms with Crippen molar-refractivity contribution in [3.8, 4) is 0 Å². The van der Waals surface area contributed by atoms with Crippen LogP contribution in [0.1, 0.15) is 55.6 Å². The number of anilines is 1. The highest BCUT2D eigenvalue weighted by Crippen LogP contribution is 2.27. The van der Waals surface area contributed by atoms with E-state index in [0.29, 0.717) is 35.5 Å². The minimum Gasteiger partial charge on any atom is -0.465 e. The van der Waals surface area contributed by atoms with Gasteiger partial charge in [-0.15, -0.1) is 16.9 Å². The monoisotopic (exact) mass is 509 g/mol. The van der Waals surface area contributed by atoms with E-state index in [0.717, 1.165) is 16.9 Å². The maximum absolute atomic E-state index is 12.0. The molecular weight excluding hydrogens is 478 g/mol. The quantitative estimate of drug-likeness (QED) is 0.236. The van der Waals surface area contributed by atoms with Gasteiger partial charge in [0, 0.05) is 24.1 Å². The lowest BCUT2D eigenvalue weighted by Crippen LogP contribution is -2.32. The van der Waals surface area contributed by atoms with E-state index in [1.165, 1.54) is 41.7 Å². The SMILES string of the molecule is CSc1cccc(C(=NOCc2cccc(N(CCC3CCCCC3)C(=O)O)n2)c2nnnn2C)c1. The predicted molar refractivity (Wildman–Crippen MR) is 138 cm³/mol. The molecule has 0 aliphatic heterocycles. The Bertz CT molecular complexity index is 1190. The molecule has 1 fully saturated rings. The zero-order chi connectivity index (χ0) is 25.3. The van der Waals surface area contributed by atoms with Gasteiger partial charge in [-0.3, -0.25) is 4.90 Å². The number of tetrazole rings is 1. The van der Waals surface area contributed by atoms with E-state index in [1.54, 1.807) is 37.0 Å². The summed E-state index contributed by atoms with van der Waals surface area (Å²) in [4.78, 5) is 24.6. The molecule has 1 aromatic carbocycles. The highest BCUT2D eigenvalue weighted by Gasteiger charge is 2.20. The Morgan fingerprint density at radius 2 is 2.03 bits per heavy atom. The summed E-state index contributed by atoms with van der Waals surface area (Å²) in [5.74, 6) is 1.45. The number of hydrogen-bond acceptors (Lipinski definition) is 8. The van der Waals surface area contributed by atoms with Gasteiger partial charge >= 0.3 is 6.09 Å². The topological polar surface area (TPSA) is 119 Å². The van der Waals surface area contributed by atoms with Gasteiger partial charge in [0.05, 0.1) is 5.69 Å². The highest BCUT2D eigenvalue weighted by molar-refractivity contribution is 7.98. The van der Waals surface area contributed by atoms with Gasteiger partial charge in [-0.05, 0) is 53.3 Å². The van der Waals surface area contributed by atoms with E-state index in [2.05, 4.69) is 25.7 Å². The third kappa shape index (κ3) is 6.60. The third-order valence-electron chi connectivity index (χ3n) is 6.33. The third-order valence-corrected chi connectivity index (χ3v) is 7.05. The Morgan fingerprint density at radius 1 is 1.22 bits per heavy atom.